The fraction of sp³-hybridized carbons (Fsp3) is 0.720. The van der Waals surface area contributed by atoms with Gasteiger partial charge in [-0.25, -0.2) is 0 Å². The second kappa shape index (κ2) is 8.29. The van der Waals surface area contributed by atoms with Crippen LogP contribution in [-0.4, -0.2) is 63.8 Å². The van der Waals surface area contributed by atoms with Crippen molar-refractivity contribution in [3.8, 4) is 5.75 Å². The number of nitrogens with zero attached hydrogens (tertiary/aromatic N) is 2. The lowest BCUT2D eigenvalue weighted by atomic mass is 9.67. The Morgan fingerprint density at radius 2 is 1.85 bits per heavy atom. The average molecular weight is 483 g/mol. The van der Waals surface area contributed by atoms with E-state index in [2.05, 4.69) is 0 Å². The molecule has 1 aromatic rings. The molecule has 6 nitrogen and oxygen atoms in total. The van der Waals surface area contributed by atoms with E-state index in [-0.39, 0.29) is 23.1 Å². The number of fused-ring (bicyclic) bond motifs is 1. The number of carbonyl (C=O) groups is 1. The Morgan fingerprint density at radius 1 is 1.15 bits per heavy atom. The molecule has 0 radical (unpaired) electrons. The first-order valence-electron chi connectivity index (χ1n) is 12.3. The van der Waals surface area contributed by atoms with Crippen LogP contribution in [0.5, 0.6) is 5.75 Å². The fourth-order valence-electron chi connectivity index (χ4n) is 6.25. The molecule has 5 atom stereocenters. The molecule has 5 rings (SSSR count). The first-order valence-corrected chi connectivity index (χ1v) is 12.3. The zero-order valence-corrected chi connectivity index (χ0v) is 19.4. The number of hydrogen-bond donors (Lipinski definition) is 2. The van der Waals surface area contributed by atoms with Crippen molar-refractivity contribution in [3.63, 3.8) is 0 Å². The first kappa shape index (κ1) is 23.7. The minimum Gasteiger partial charge on any atom is -0.481 e. The van der Waals surface area contributed by atoms with Gasteiger partial charge in [-0.15, -0.1) is 0 Å². The van der Waals surface area contributed by atoms with Gasteiger partial charge in [0, 0.05) is 36.7 Å². The summed E-state index contributed by atoms with van der Waals surface area (Å²) in [5.41, 5.74) is -0.334. The van der Waals surface area contributed by atoms with Crippen LogP contribution in [-0.2, 0) is 4.79 Å². The summed E-state index contributed by atoms with van der Waals surface area (Å²) in [6.07, 6.45) is -0.954. The summed E-state index contributed by atoms with van der Waals surface area (Å²) in [7, 11) is 0. The topological polar surface area (TPSA) is 73.2 Å². The highest BCUT2D eigenvalue weighted by Gasteiger charge is 2.57. The van der Waals surface area contributed by atoms with Gasteiger partial charge in [0.2, 0.25) is 5.91 Å². The van der Waals surface area contributed by atoms with Crippen LogP contribution in [0.25, 0.3) is 0 Å². The van der Waals surface area contributed by atoms with E-state index in [9.17, 15) is 28.2 Å². The van der Waals surface area contributed by atoms with Crippen LogP contribution in [0.15, 0.2) is 24.3 Å². The third kappa shape index (κ3) is 4.37. The van der Waals surface area contributed by atoms with Gasteiger partial charge >= 0.3 is 6.18 Å². The molecule has 1 amide bonds. The predicted octanol–water partition coefficient (Wildman–Crippen LogP) is 3.85. The summed E-state index contributed by atoms with van der Waals surface area (Å²) in [6, 6.07) is 6.30. The number of aliphatic hydroxyl groups is 2. The molecular weight excluding hydrogens is 449 g/mol. The molecule has 0 bridgehead atoms. The standard InChI is InChI=1S/C25H33F3N2O4/c1-16(25(26,27)28)34-19-4-2-18(3-5-19)29-13-8-17-6-10-24(33,14-20(17)22(29)32)15-30-21(31)7-9-23(30)11-12-23/h2-5,16-17,20,22,32-33H,6-15H2,1H3. The largest absolute Gasteiger partial charge is 0.481 e. The molecule has 1 spiro atoms. The number of piperidine rings is 1. The number of benzene rings is 1. The highest BCUT2D eigenvalue weighted by molar-refractivity contribution is 5.80. The van der Waals surface area contributed by atoms with E-state index in [4.69, 9.17) is 4.74 Å². The van der Waals surface area contributed by atoms with Crippen LogP contribution >= 0.6 is 0 Å². The second-order valence-electron chi connectivity index (χ2n) is 10.8. The van der Waals surface area contributed by atoms with Crippen molar-refractivity contribution in [3.05, 3.63) is 24.3 Å². The molecule has 4 fully saturated rings. The van der Waals surface area contributed by atoms with E-state index in [1.54, 1.807) is 12.1 Å². The summed E-state index contributed by atoms with van der Waals surface area (Å²) in [6.45, 7) is 1.94. The van der Waals surface area contributed by atoms with Gasteiger partial charge in [0.1, 0.15) is 12.0 Å². The highest BCUT2D eigenvalue weighted by Crippen LogP contribution is 2.52. The number of aliphatic hydroxyl groups excluding tert-OH is 1. The molecule has 2 saturated heterocycles. The molecule has 5 unspecified atom stereocenters. The van der Waals surface area contributed by atoms with Gasteiger partial charge in [-0.3, -0.25) is 4.79 Å². The van der Waals surface area contributed by atoms with E-state index >= 15 is 0 Å². The smallest absolute Gasteiger partial charge is 0.425 e. The molecule has 2 saturated carbocycles. The molecule has 1 aromatic carbocycles. The van der Waals surface area contributed by atoms with Gasteiger partial charge in [-0.05, 0) is 82.1 Å². The summed E-state index contributed by atoms with van der Waals surface area (Å²) < 4.78 is 43.3. The quantitative estimate of drug-likeness (QED) is 0.667. The van der Waals surface area contributed by atoms with E-state index in [0.29, 0.717) is 44.0 Å². The second-order valence-corrected chi connectivity index (χ2v) is 10.8. The average Bonchev–Trinajstić information content (AvgIpc) is 3.51. The normalized spacial score (nSPS) is 33.7. The van der Waals surface area contributed by atoms with Crippen LogP contribution in [0.1, 0.15) is 58.3 Å². The van der Waals surface area contributed by atoms with Crippen molar-refractivity contribution in [2.45, 2.75) is 87.9 Å². The van der Waals surface area contributed by atoms with Gasteiger partial charge < -0.3 is 24.7 Å². The minimum atomic E-state index is -4.44. The van der Waals surface area contributed by atoms with E-state index in [1.807, 2.05) is 9.80 Å². The molecular formula is C25H33F3N2O4. The number of carbonyl (C=O) groups excluding carboxylic acids is 1. The van der Waals surface area contributed by atoms with Gasteiger partial charge in [0.05, 0.1) is 5.60 Å². The maximum absolute atomic E-state index is 12.8. The molecule has 4 aliphatic rings. The summed E-state index contributed by atoms with van der Waals surface area (Å²) in [5.74, 6) is 0.405. The van der Waals surface area contributed by atoms with Crippen molar-refractivity contribution < 1.29 is 32.9 Å². The molecule has 0 aromatic heterocycles. The molecule has 2 aliphatic carbocycles. The maximum Gasteiger partial charge on any atom is 0.425 e. The van der Waals surface area contributed by atoms with Crippen molar-refractivity contribution in [2.24, 2.45) is 11.8 Å². The number of amides is 1. The predicted molar refractivity (Wildman–Crippen MR) is 119 cm³/mol. The fourth-order valence-corrected chi connectivity index (χ4v) is 6.25. The van der Waals surface area contributed by atoms with Crippen LogP contribution < -0.4 is 9.64 Å². The Hall–Kier alpha value is -2.00. The summed E-state index contributed by atoms with van der Waals surface area (Å²) in [4.78, 5) is 16.2. The molecule has 34 heavy (non-hydrogen) atoms. The number of β-amino-alcohol motifs (C(OH)–C–C–N with tert-alkyl or cyclic N) is 1. The lowest BCUT2D eigenvalue weighted by Gasteiger charge is -2.51. The first-order chi connectivity index (χ1) is 16.0. The molecule has 2 aliphatic heterocycles. The van der Waals surface area contributed by atoms with Crippen molar-refractivity contribution in [2.75, 3.05) is 18.0 Å². The molecule has 2 heterocycles. The van der Waals surface area contributed by atoms with Crippen LogP contribution in [0.2, 0.25) is 0 Å². The number of alkyl halides is 3. The number of halogens is 3. The Morgan fingerprint density at radius 3 is 2.50 bits per heavy atom. The Labute approximate surface area is 197 Å². The lowest BCUT2D eigenvalue weighted by Crippen LogP contribution is -2.57. The zero-order valence-electron chi connectivity index (χ0n) is 19.4. The molecule has 2 N–H and O–H groups in total. The molecule has 9 heteroatoms. The SMILES string of the molecule is CC(Oc1ccc(N2CCC3CCC(O)(CN4C(=O)CCC45CC5)CC3C2O)cc1)C(F)(F)F. The van der Waals surface area contributed by atoms with E-state index in [0.717, 1.165) is 39.0 Å². The van der Waals surface area contributed by atoms with Crippen LogP contribution in [0.4, 0.5) is 18.9 Å². The Kier molecular flexibility index (Phi) is 5.79. The van der Waals surface area contributed by atoms with Gasteiger partial charge in [-0.2, -0.15) is 13.2 Å². The number of ether oxygens (including phenoxy) is 1. The maximum atomic E-state index is 12.8. The molecule has 188 valence electrons. The Bertz CT molecular complexity index is 920. The van der Waals surface area contributed by atoms with Crippen molar-refractivity contribution in [1.29, 1.82) is 0 Å². The van der Waals surface area contributed by atoms with Gasteiger partial charge in [0.15, 0.2) is 6.10 Å². The lowest BCUT2D eigenvalue weighted by molar-refractivity contribution is -0.189. The Balaban J connectivity index is 1.26. The summed E-state index contributed by atoms with van der Waals surface area (Å²) >= 11 is 0. The van der Waals surface area contributed by atoms with Crippen molar-refractivity contribution in [1.82, 2.24) is 4.90 Å². The highest BCUT2D eigenvalue weighted by atomic mass is 19.4. The number of likely N-dealkylation sites (tertiary alicyclic amines) is 1. The summed E-state index contributed by atoms with van der Waals surface area (Å²) in [5, 5.41) is 22.7. The van der Waals surface area contributed by atoms with Crippen LogP contribution in [0.3, 0.4) is 0 Å². The van der Waals surface area contributed by atoms with Gasteiger partial charge in [-0.1, -0.05) is 0 Å². The van der Waals surface area contributed by atoms with Crippen LogP contribution in [0, 0.1) is 11.8 Å². The number of hydrogen-bond acceptors (Lipinski definition) is 5. The van der Waals surface area contributed by atoms with Gasteiger partial charge in [0.25, 0.3) is 0 Å². The third-order valence-corrected chi connectivity index (χ3v) is 8.54. The van der Waals surface area contributed by atoms with Crippen molar-refractivity contribution >= 4 is 11.6 Å². The zero-order chi connectivity index (χ0) is 24.3. The monoisotopic (exact) mass is 482 g/mol. The number of rotatable bonds is 5. The van der Waals surface area contributed by atoms with E-state index < -0.39 is 24.1 Å². The van der Waals surface area contributed by atoms with E-state index in [1.165, 1.54) is 12.1 Å². The minimum absolute atomic E-state index is 0.0334. The third-order valence-electron chi connectivity index (χ3n) is 8.54. The number of anilines is 1.